The zero-order valence-corrected chi connectivity index (χ0v) is 12.0. The summed E-state index contributed by atoms with van der Waals surface area (Å²) >= 11 is 0. The molecule has 3 fully saturated rings. The van der Waals surface area contributed by atoms with Gasteiger partial charge in [0.05, 0.1) is 30.3 Å². The molecule has 4 atom stereocenters. The van der Waals surface area contributed by atoms with Crippen LogP contribution in [0.4, 0.5) is 0 Å². The fraction of sp³-hybridized carbons (Fsp3) is 1.00. The van der Waals surface area contributed by atoms with E-state index in [9.17, 15) is 4.21 Å². The minimum atomic E-state index is -0.958. The monoisotopic (exact) mass is 289 g/mol. The van der Waals surface area contributed by atoms with Gasteiger partial charge in [-0.2, -0.15) is 0 Å². The molecule has 4 unspecified atom stereocenters. The van der Waals surface area contributed by atoms with Gasteiger partial charge < -0.3 is 19.9 Å². The third-order valence-corrected chi connectivity index (χ3v) is 6.27. The molecule has 0 aromatic heterocycles. The number of hydrogen-bond acceptors (Lipinski definition) is 5. The molecule has 0 bridgehead atoms. The van der Waals surface area contributed by atoms with Crippen molar-refractivity contribution in [2.75, 3.05) is 25.6 Å². The fourth-order valence-electron chi connectivity index (χ4n) is 3.26. The van der Waals surface area contributed by atoms with Crippen molar-refractivity contribution >= 4 is 10.8 Å². The predicted octanol–water partition coefficient (Wildman–Crippen LogP) is 0.537. The lowest BCUT2D eigenvalue weighted by atomic mass is 9.90. The first-order valence-corrected chi connectivity index (χ1v) is 8.59. The van der Waals surface area contributed by atoms with Gasteiger partial charge in [-0.15, -0.1) is 0 Å². The summed E-state index contributed by atoms with van der Waals surface area (Å²) in [5.41, 5.74) is 6.16. The number of nitrogens with two attached hydrogens (primary N) is 1. The van der Waals surface area contributed by atoms with Crippen LogP contribution in [0.3, 0.4) is 0 Å². The predicted molar refractivity (Wildman–Crippen MR) is 72.2 cm³/mol. The van der Waals surface area contributed by atoms with Gasteiger partial charge in [0.1, 0.15) is 0 Å². The first-order valence-electron chi connectivity index (χ1n) is 7.21. The second-order valence-corrected chi connectivity index (χ2v) is 7.44. The molecule has 5 nitrogen and oxygen atoms in total. The maximum absolute atomic E-state index is 12.5. The molecule has 1 aliphatic carbocycles. The lowest BCUT2D eigenvalue weighted by Crippen LogP contribution is -2.51. The van der Waals surface area contributed by atoms with Crippen molar-refractivity contribution in [3.63, 3.8) is 0 Å². The van der Waals surface area contributed by atoms with Crippen LogP contribution in [-0.4, -0.2) is 53.0 Å². The third-order valence-electron chi connectivity index (χ3n) is 4.37. The van der Waals surface area contributed by atoms with Crippen LogP contribution < -0.4 is 5.73 Å². The first-order chi connectivity index (χ1) is 9.19. The van der Waals surface area contributed by atoms with Gasteiger partial charge in [0.25, 0.3) is 0 Å². The molecular formula is C13H23NO4S. The zero-order chi connectivity index (χ0) is 13.3. The van der Waals surface area contributed by atoms with Gasteiger partial charge in [-0.1, -0.05) is 0 Å². The Morgan fingerprint density at radius 3 is 2.68 bits per heavy atom. The van der Waals surface area contributed by atoms with E-state index in [1.54, 1.807) is 0 Å². The van der Waals surface area contributed by atoms with E-state index in [0.29, 0.717) is 25.4 Å². The van der Waals surface area contributed by atoms with Crippen LogP contribution in [0.2, 0.25) is 0 Å². The van der Waals surface area contributed by atoms with Crippen molar-refractivity contribution in [1.82, 2.24) is 0 Å². The minimum Gasteiger partial charge on any atom is -0.377 e. The molecule has 2 saturated heterocycles. The zero-order valence-electron chi connectivity index (χ0n) is 11.2. The van der Waals surface area contributed by atoms with Crippen LogP contribution in [0, 0.1) is 0 Å². The van der Waals surface area contributed by atoms with Gasteiger partial charge in [-0.3, -0.25) is 4.21 Å². The van der Waals surface area contributed by atoms with Gasteiger partial charge >= 0.3 is 0 Å². The van der Waals surface area contributed by atoms with E-state index in [4.69, 9.17) is 19.9 Å². The summed E-state index contributed by atoms with van der Waals surface area (Å²) in [6.07, 6.45) is 4.55. The van der Waals surface area contributed by atoms with Gasteiger partial charge in [-0.05, 0) is 19.3 Å². The molecule has 0 aromatic rings. The molecular weight excluding hydrogens is 266 g/mol. The summed E-state index contributed by atoms with van der Waals surface area (Å²) in [4.78, 5) is 0. The molecule has 3 rings (SSSR count). The van der Waals surface area contributed by atoms with Crippen molar-refractivity contribution in [3.05, 3.63) is 0 Å². The Hall–Kier alpha value is -0.0100. The van der Waals surface area contributed by atoms with Gasteiger partial charge in [0.15, 0.2) is 5.79 Å². The minimum absolute atomic E-state index is 0.0133. The Morgan fingerprint density at radius 1 is 1.21 bits per heavy atom. The van der Waals surface area contributed by atoms with E-state index >= 15 is 0 Å². The lowest BCUT2D eigenvalue weighted by molar-refractivity contribution is -0.177. The van der Waals surface area contributed by atoms with Crippen molar-refractivity contribution in [2.24, 2.45) is 5.73 Å². The highest BCUT2D eigenvalue weighted by atomic mass is 32.2. The summed E-state index contributed by atoms with van der Waals surface area (Å²) in [6, 6.07) is -0.0133. The maximum Gasteiger partial charge on any atom is 0.169 e. The molecule has 1 saturated carbocycles. The fourth-order valence-corrected chi connectivity index (χ4v) is 5.10. The second-order valence-electron chi connectivity index (χ2n) is 5.74. The topological polar surface area (TPSA) is 70.8 Å². The molecule has 1 spiro atoms. The van der Waals surface area contributed by atoms with Crippen molar-refractivity contribution in [2.45, 2.75) is 55.3 Å². The highest BCUT2D eigenvalue weighted by molar-refractivity contribution is 7.85. The number of ether oxygens (including phenoxy) is 3. The van der Waals surface area contributed by atoms with Crippen LogP contribution in [0.15, 0.2) is 0 Å². The van der Waals surface area contributed by atoms with Crippen molar-refractivity contribution < 1.29 is 18.4 Å². The van der Waals surface area contributed by atoms with E-state index in [1.807, 2.05) is 0 Å². The van der Waals surface area contributed by atoms with E-state index < -0.39 is 16.6 Å². The number of rotatable bonds is 3. The van der Waals surface area contributed by atoms with Crippen LogP contribution in [0.25, 0.3) is 0 Å². The average molecular weight is 289 g/mol. The standard InChI is InChI=1S/C13H23NO4S/c14-11-3-4-13(17-6-7-18-13)8-12(11)19(15)9-10-2-1-5-16-10/h10-12H,1-9,14H2. The largest absolute Gasteiger partial charge is 0.377 e. The molecule has 2 N–H and O–H groups in total. The first kappa shape index (κ1) is 13.9. The van der Waals surface area contributed by atoms with Crippen LogP contribution >= 0.6 is 0 Å². The van der Waals surface area contributed by atoms with Crippen LogP contribution in [-0.2, 0) is 25.0 Å². The van der Waals surface area contributed by atoms with Gasteiger partial charge in [0, 0.05) is 36.3 Å². The average Bonchev–Trinajstić information content (AvgIpc) is 3.05. The van der Waals surface area contributed by atoms with E-state index in [1.165, 1.54) is 0 Å². The molecule has 2 aliphatic heterocycles. The molecule has 2 heterocycles. The summed E-state index contributed by atoms with van der Waals surface area (Å²) < 4.78 is 29.6. The summed E-state index contributed by atoms with van der Waals surface area (Å²) in [7, 11) is -0.958. The second kappa shape index (κ2) is 5.77. The molecule has 0 radical (unpaired) electrons. The van der Waals surface area contributed by atoms with Crippen molar-refractivity contribution in [1.29, 1.82) is 0 Å². The quantitative estimate of drug-likeness (QED) is 0.821. The summed E-state index contributed by atoms with van der Waals surface area (Å²) in [5, 5.41) is -0.0314. The normalized spacial score (nSPS) is 39.7. The molecule has 0 amide bonds. The van der Waals surface area contributed by atoms with Crippen molar-refractivity contribution in [3.8, 4) is 0 Å². The summed E-state index contributed by atoms with van der Waals surface area (Å²) in [6.45, 7) is 2.08. The Labute approximate surface area is 116 Å². The SMILES string of the molecule is NC1CCC2(CC1S(=O)CC1CCCO1)OCCO2. The highest BCUT2D eigenvalue weighted by Gasteiger charge is 2.46. The van der Waals surface area contributed by atoms with E-state index in [-0.39, 0.29) is 17.4 Å². The Bertz CT molecular complexity index is 340. The number of hydrogen-bond donors (Lipinski definition) is 1. The highest BCUT2D eigenvalue weighted by Crippen LogP contribution is 2.37. The lowest BCUT2D eigenvalue weighted by Gasteiger charge is -2.39. The molecule has 0 aromatic carbocycles. The molecule has 6 heteroatoms. The van der Waals surface area contributed by atoms with E-state index in [2.05, 4.69) is 0 Å². The van der Waals surface area contributed by atoms with Crippen LogP contribution in [0.1, 0.15) is 32.1 Å². The Kier molecular flexibility index (Phi) is 4.24. The Morgan fingerprint density at radius 2 is 2.00 bits per heavy atom. The van der Waals surface area contributed by atoms with E-state index in [0.717, 1.165) is 32.3 Å². The molecule has 19 heavy (non-hydrogen) atoms. The molecule has 110 valence electrons. The van der Waals surface area contributed by atoms with Crippen LogP contribution in [0.5, 0.6) is 0 Å². The maximum atomic E-state index is 12.5. The van der Waals surface area contributed by atoms with Gasteiger partial charge in [0.2, 0.25) is 0 Å². The third kappa shape index (κ3) is 3.03. The summed E-state index contributed by atoms with van der Waals surface area (Å²) in [5.74, 6) is 0.0984. The Balaban J connectivity index is 1.62. The van der Waals surface area contributed by atoms with Gasteiger partial charge in [-0.25, -0.2) is 0 Å². The molecule has 3 aliphatic rings. The smallest absolute Gasteiger partial charge is 0.169 e.